The minimum Gasteiger partial charge on any atom is -0.383 e. The SMILES string of the molecule is CCc1ccsc1C(=N)N. The molecule has 0 saturated carbocycles. The van der Waals surface area contributed by atoms with E-state index in [1.54, 1.807) is 0 Å². The molecule has 0 bridgehead atoms. The van der Waals surface area contributed by atoms with Gasteiger partial charge in [0.05, 0.1) is 4.88 Å². The van der Waals surface area contributed by atoms with Crippen LogP contribution in [0.3, 0.4) is 0 Å². The van der Waals surface area contributed by atoms with E-state index in [4.69, 9.17) is 11.1 Å². The molecule has 0 fully saturated rings. The number of nitrogen functional groups attached to an aromatic ring is 1. The molecule has 3 N–H and O–H groups in total. The molecular weight excluding hydrogens is 144 g/mol. The third-order valence-corrected chi connectivity index (χ3v) is 2.36. The Morgan fingerprint density at radius 2 is 2.50 bits per heavy atom. The van der Waals surface area contributed by atoms with Gasteiger partial charge >= 0.3 is 0 Å². The molecule has 3 heteroatoms. The summed E-state index contributed by atoms with van der Waals surface area (Å²) in [7, 11) is 0. The van der Waals surface area contributed by atoms with Crippen LogP contribution in [-0.4, -0.2) is 5.84 Å². The van der Waals surface area contributed by atoms with Gasteiger partial charge in [-0.1, -0.05) is 6.92 Å². The number of rotatable bonds is 2. The number of thiophene rings is 1. The third-order valence-electron chi connectivity index (χ3n) is 1.37. The fourth-order valence-electron chi connectivity index (χ4n) is 0.850. The molecule has 0 aliphatic rings. The third kappa shape index (κ3) is 1.19. The summed E-state index contributed by atoms with van der Waals surface area (Å²) in [6, 6.07) is 2.02. The van der Waals surface area contributed by atoms with E-state index in [2.05, 4.69) is 6.92 Å². The lowest BCUT2D eigenvalue weighted by Gasteiger charge is -1.95. The zero-order valence-electron chi connectivity index (χ0n) is 5.85. The molecule has 54 valence electrons. The molecule has 0 aliphatic heterocycles. The van der Waals surface area contributed by atoms with E-state index >= 15 is 0 Å². The molecule has 2 nitrogen and oxygen atoms in total. The van der Waals surface area contributed by atoms with E-state index in [9.17, 15) is 0 Å². The maximum atomic E-state index is 7.18. The van der Waals surface area contributed by atoms with Crippen molar-refractivity contribution in [1.82, 2.24) is 0 Å². The maximum absolute atomic E-state index is 7.18. The van der Waals surface area contributed by atoms with Crippen LogP contribution in [0.25, 0.3) is 0 Å². The monoisotopic (exact) mass is 154 g/mol. The standard InChI is InChI=1S/C7H10N2S/c1-2-5-3-4-10-6(5)7(8)9/h3-4H,2H2,1H3,(H3,8,9). The van der Waals surface area contributed by atoms with Gasteiger partial charge in [-0.3, -0.25) is 5.41 Å². The van der Waals surface area contributed by atoms with Crippen molar-refractivity contribution in [2.45, 2.75) is 13.3 Å². The number of hydrogen-bond donors (Lipinski definition) is 2. The Hall–Kier alpha value is -0.830. The van der Waals surface area contributed by atoms with Crippen LogP contribution in [0.5, 0.6) is 0 Å². The summed E-state index contributed by atoms with van der Waals surface area (Å²) < 4.78 is 0. The number of aryl methyl sites for hydroxylation is 1. The normalized spacial score (nSPS) is 9.70. The van der Waals surface area contributed by atoms with E-state index in [-0.39, 0.29) is 5.84 Å². The molecule has 0 aromatic carbocycles. The summed E-state index contributed by atoms with van der Waals surface area (Å²) >= 11 is 1.53. The average molecular weight is 154 g/mol. The van der Waals surface area contributed by atoms with Gasteiger partial charge in [-0.05, 0) is 23.4 Å². The Kier molecular flexibility index (Phi) is 2.06. The Labute approximate surface area is 64.2 Å². The lowest BCUT2D eigenvalue weighted by atomic mass is 10.2. The lowest BCUT2D eigenvalue weighted by molar-refractivity contribution is 1.15. The second-order valence-electron chi connectivity index (χ2n) is 2.04. The van der Waals surface area contributed by atoms with Gasteiger partial charge in [-0.25, -0.2) is 0 Å². The van der Waals surface area contributed by atoms with Crippen molar-refractivity contribution in [3.63, 3.8) is 0 Å². The van der Waals surface area contributed by atoms with Crippen LogP contribution < -0.4 is 5.73 Å². The molecule has 1 heterocycles. The number of hydrogen-bond acceptors (Lipinski definition) is 2. The minimum absolute atomic E-state index is 0.187. The van der Waals surface area contributed by atoms with Crippen molar-refractivity contribution in [2.24, 2.45) is 5.73 Å². The first-order valence-corrected chi connectivity index (χ1v) is 4.04. The first kappa shape index (κ1) is 7.28. The van der Waals surface area contributed by atoms with Gasteiger partial charge in [-0.15, -0.1) is 11.3 Å². The van der Waals surface area contributed by atoms with E-state index < -0.39 is 0 Å². The molecule has 0 amide bonds. The second kappa shape index (κ2) is 2.84. The highest BCUT2D eigenvalue weighted by atomic mass is 32.1. The van der Waals surface area contributed by atoms with Gasteiger partial charge in [0, 0.05) is 0 Å². The Bertz CT molecular complexity index is 240. The zero-order chi connectivity index (χ0) is 7.56. The summed E-state index contributed by atoms with van der Waals surface area (Å²) in [6.07, 6.45) is 0.957. The summed E-state index contributed by atoms with van der Waals surface area (Å²) in [6.45, 7) is 2.06. The largest absolute Gasteiger partial charge is 0.383 e. The molecule has 0 saturated heterocycles. The quantitative estimate of drug-likeness (QED) is 0.493. The highest BCUT2D eigenvalue weighted by Crippen LogP contribution is 2.15. The van der Waals surface area contributed by atoms with E-state index in [1.165, 1.54) is 16.9 Å². The molecule has 0 unspecified atom stereocenters. The van der Waals surface area contributed by atoms with Gasteiger partial charge in [-0.2, -0.15) is 0 Å². The van der Waals surface area contributed by atoms with Crippen LogP contribution in [0.4, 0.5) is 0 Å². The predicted octanol–water partition coefficient (Wildman–Crippen LogP) is 1.59. The van der Waals surface area contributed by atoms with Crippen LogP contribution >= 0.6 is 11.3 Å². The first-order chi connectivity index (χ1) is 4.75. The number of amidine groups is 1. The van der Waals surface area contributed by atoms with Crippen molar-refractivity contribution < 1.29 is 0 Å². The molecule has 0 spiro atoms. The van der Waals surface area contributed by atoms with Gasteiger partial charge in [0.2, 0.25) is 0 Å². The van der Waals surface area contributed by atoms with E-state index in [0.717, 1.165) is 11.3 Å². The fourth-order valence-corrected chi connectivity index (χ4v) is 1.71. The van der Waals surface area contributed by atoms with Crippen LogP contribution in [0, 0.1) is 5.41 Å². The zero-order valence-corrected chi connectivity index (χ0v) is 6.66. The highest BCUT2D eigenvalue weighted by molar-refractivity contribution is 7.12. The minimum atomic E-state index is 0.187. The van der Waals surface area contributed by atoms with Gasteiger partial charge in [0.25, 0.3) is 0 Å². The number of nitrogens with two attached hydrogens (primary N) is 1. The van der Waals surface area contributed by atoms with Crippen molar-refractivity contribution in [3.05, 3.63) is 21.9 Å². The van der Waals surface area contributed by atoms with Gasteiger partial charge in [0.1, 0.15) is 5.84 Å². The average Bonchev–Trinajstić information content (AvgIpc) is 2.33. The smallest absolute Gasteiger partial charge is 0.133 e. The van der Waals surface area contributed by atoms with Crippen molar-refractivity contribution in [1.29, 1.82) is 5.41 Å². The van der Waals surface area contributed by atoms with Crippen LogP contribution in [0.2, 0.25) is 0 Å². The summed E-state index contributed by atoms with van der Waals surface area (Å²) in [4.78, 5) is 0.919. The molecule has 10 heavy (non-hydrogen) atoms. The van der Waals surface area contributed by atoms with E-state index in [1.807, 2.05) is 11.4 Å². The van der Waals surface area contributed by atoms with Gasteiger partial charge < -0.3 is 5.73 Å². The molecule has 0 atom stereocenters. The second-order valence-corrected chi connectivity index (χ2v) is 2.96. The first-order valence-electron chi connectivity index (χ1n) is 3.16. The summed E-state index contributed by atoms with van der Waals surface area (Å²) in [5.41, 5.74) is 6.51. The maximum Gasteiger partial charge on any atom is 0.133 e. The number of nitrogens with one attached hydrogen (secondary N) is 1. The molecule has 1 rings (SSSR count). The lowest BCUT2D eigenvalue weighted by Crippen LogP contribution is -2.10. The Morgan fingerprint density at radius 1 is 1.80 bits per heavy atom. The summed E-state index contributed by atoms with van der Waals surface area (Å²) in [5, 5.41) is 9.15. The predicted molar refractivity (Wildman–Crippen MR) is 44.7 cm³/mol. The van der Waals surface area contributed by atoms with Crippen molar-refractivity contribution >= 4 is 17.2 Å². The highest BCUT2D eigenvalue weighted by Gasteiger charge is 2.03. The topological polar surface area (TPSA) is 49.9 Å². The van der Waals surface area contributed by atoms with Crippen LogP contribution in [0.1, 0.15) is 17.4 Å². The Balaban J connectivity index is 3.01. The fraction of sp³-hybridized carbons (Fsp3) is 0.286. The van der Waals surface area contributed by atoms with Crippen molar-refractivity contribution in [3.8, 4) is 0 Å². The Morgan fingerprint density at radius 3 is 2.90 bits per heavy atom. The molecule has 1 aromatic rings. The molecule has 0 radical (unpaired) electrons. The molecular formula is C7H10N2S. The molecule has 0 aliphatic carbocycles. The summed E-state index contributed by atoms with van der Waals surface area (Å²) in [5.74, 6) is 0.187. The van der Waals surface area contributed by atoms with Crippen LogP contribution in [0.15, 0.2) is 11.4 Å². The molecule has 1 aromatic heterocycles. The van der Waals surface area contributed by atoms with Gasteiger partial charge in [0.15, 0.2) is 0 Å². The van der Waals surface area contributed by atoms with Crippen LogP contribution in [-0.2, 0) is 6.42 Å². The van der Waals surface area contributed by atoms with Crippen molar-refractivity contribution in [2.75, 3.05) is 0 Å². The van der Waals surface area contributed by atoms with E-state index in [0.29, 0.717) is 0 Å².